The van der Waals surface area contributed by atoms with Gasteiger partial charge in [-0.05, 0) is 62.3 Å². The number of anilines is 2. The molecule has 4 rings (SSSR count). The van der Waals surface area contributed by atoms with E-state index in [2.05, 4.69) is 64.8 Å². The largest absolute Gasteiger partial charge is 0.407 e. The minimum absolute atomic E-state index is 0.115. The lowest BCUT2D eigenvalue weighted by atomic mass is 10.0. The normalized spacial score (nSPS) is 19.5. The van der Waals surface area contributed by atoms with Gasteiger partial charge >= 0.3 is 6.01 Å². The van der Waals surface area contributed by atoms with Crippen LogP contribution in [-0.2, 0) is 13.0 Å². The first kappa shape index (κ1) is 20.4. The van der Waals surface area contributed by atoms with Crippen LogP contribution < -0.4 is 5.32 Å². The Morgan fingerprint density at radius 1 is 1.30 bits per heavy atom. The van der Waals surface area contributed by atoms with E-state index >= 15 is 0 Å². The summed E-state index contributed by atoms with van der Waals surface area (Å²) < 4.78 is 5.51. The Labute approximate surface area is 178 Å². The van der Waals surface area contributed by atoms with E-state index in [0.29, 0.717) is 17.9 Å². The Morgan fingerprint density at radius 2 is 2.10 bits per heavy atom. The highest BCUT2D eigenvalue weighted by Gasteiger charge is 2.32. The molecule has 0 spiro atoms. The molecule has 30 heavy (non-hydrogen) atoms. The zero-order valence-electron chi connectivity index (χ0n) is 18.1. The van der Waals surface area contributed by atoms with Crippen molar-refractivity contribution in [2.24, 2.45) is 5.92 Å². The van der Waals surface area contributed by atoms with E-state index in [1.54, 1.807) is 0 Å². The molecular formula is C23H30N6O. The van der Waals surface area contributed by atoms with Gasteiger partial charge in [-0.15, -0.1) is 5.10 Å². The van der Waals surface area contributed by atoms with Gasteiger partial charge in [0.1, 0.15) is 6.42 Å². The highest BCUT2D eigenvalue weighted by Crippen LogP contribution is 2.38. The second kappa shape index (κ2) is 8.49. The summed E-state index contributed by atoms with van der Waals surface area (Å²) in [5, 5.41) is 19.9. The number of nitrogens with zero attached hydrogens (tertiary/aromatic N) is 5. The Balaban J connectivity index is 1.44. The standard InChI is InChI=1S/C23H30N6O/c1-15-11-20(14-28-9-10-29(16(2)13-28)18(4)19-5-6-19)17(3)21(12-15)25-23-27-26-22(30-23)7-8-24/h11-12,16,19H,4-7,9-10,13-14H2,1-3H3,(H,25,27)/t16-/m0/s1. The van der Waals surface area contributed by atoms with E-state index in [4.69, 9.17) is 9.68 Å². The number of benzene rings is 1. The summed E-state index contributed by atoms with van der Waals surface area (Å²) in [5.74, 6) is 1.05. The Bertz CT molecular complexity index is 971. The van der Waals surface area contributed by atoms with Gasteiger partial charge in [-0.1, -0.05) is 17.7 Å². The monoisotopic (exact) mass is 406 g/mol. The first-order valence-corrected chi connectivity index (χ1v) is 10.7. The topological polar surface area (TPSA) is 81.2 Å². The molecule has 0 radical (unpaired) electrons. The number of rotatable bonds is 7. The molecule has 2 heterocycles. The van der Waals surface area contributed by atoms with Crippen LogP contribution in [0.4, 0.5) is 11.7 Å². The molecule has 7 heteroatoms. The summed E-state index contributed by atoms with van der Waals surface area (Å²) in [6.45, 7) is 14.9. The smallest absolute Gasteiger partial charge is 0.320 e. The van der Waals surface area contributed by atoms with E-state index in [-0.39, 0.29) is 6.42 Å². The molecular weight excluding hydrogens is 376 g/mol. The van der Waals surface area contributed by atoms with Crippen molar-refractivity contribution in [3.8, 4) is 6.07 Å². The average molecular weight is 407 g/mol. The lowest BCUT2D eigenvalue weighted by Crippen LogP contribution is -2.51. The number of allylic oxidation sites excluding steroid dienone is 1. The Kier molecular flexibility index (Phi) is 5.78. The number of nitrogens with one attached hydrogen (secondary N) is 1. The first-order chi connectivity index (χ1) is 14.4. The molecule has 0 unspecified atom stereocenters. The zero-order valence-corrected chi connectivity index (χ0v) is 18.1. The predicted molar refractivity (Wildman–Crippen MR) is 116 cm³/mol. The third-order valence-electron chi connectivity index (χ3n) is 6.12. The fraction of sp³-hybridized carbons (Fsp3) is 0.522. The van der Waals surface area contributed by atoms with Crippen LogP contribution in [-0.4, -0.2) is 45.7 Å². The van der Waals surface area contributed by atoms with Crippen LogP contribution in [0.1, 0.15) is 42.3 Å². The predicted octanol–water partition coefficient (Wildman–Crippen LogP) is 3.93. The molecule has 1 aliphatic carbocycles. The highest BCUT2D eigenvalue weighted by molar-refractivity contribution is 5.61. The van der Waals surface area contributed by atoms with Gasteiger partial charge < -0.3 is 14.6 Å². The number of nitriles is 1. The highest BCUT2D eigenvalue weighted by atomic mass is 16.4. The molecule has 1 saturated carbocycles. The second-order valence-electron chi connectivity index (χ2n) is 8.60. The van der Waals surface area contributed by atoms with Crippen molar-refractivity contribution < 1.29 is 4.42 Å². The van der Waals surface area contributed by atoms with Gasteiger partial charge in [0.25, 0.3) is 0 Å². The van der Waals surface area contributed by atoms with E-state index < -0.39 is 0 Å². The third kappa shape index (κ3) is 4.49. The summed E-state index contributed by atoms with van der Waals surface area (Å²) in [4.78, 5) is 5.04. The maximum Gasteiger partial charge on any atom is 0.320 e. The molecule has 1 aromatic heterocycles. The number of hydrogen-bond donors (Lipinski definition) is 1. The summed E-state index contributed by atoms with van der Waals surface area (Å²) in [6, 6.07) is 7.18. The maximum atomic E-state index is 8.78. The van der Waals surface area contributed by atoms with Gasteiger partial charge in [-0.25, -0.2) is 0 Å². The van der Waals surface area contributed by atoms with Gasteiger partial charge in [0.05, 0.1) is 6.07 Å². The van der Waals surface area contributed by atoms with Crippen LogP contribution in [0.2, 0.25) is 0 Å². The summed E-state index contributed by atoms with van der Waals surface area (Å²) in [7, 11) is 0. The van der Waals surface area contributed by atoms with Gasteiger partial charge in [0.2, 0.25) is 5.89 Å². The minimum atomic E-state index is 0.115. The average Bonchev–Trinajstić information content (AvgIpc) is 3.46. The van der Waals surface area contributed by atoms with Crippen LogP contribution in [0.3, 0.4) is 0 Å². The lowest BCUT2D eigenvalue weighted by molar-refractivity contribution is 0.101. The maximum absolute atomic E-state index is 8.78. The number of aryl methyl sites for hydroxylation is 1. The molecule has 2 aromatic rings. The van der Waals surface area contributed by atoms with Crippen molar-refractivity contribution in [3.05, 3.63) is 47.0 Å². The molecule has 2 fully saturated rings. The SMILES string of the molecule is C=C(C1CC1)N1CCN(Cc2cc(C)cc(Nc3nnc(CC#N)o3)c2C)C[C@@H]1C. The van der Waals surface area contributed by atoms with E-state index in [1.807, 2.05) is 6.07 Å². The summed E-state index contributed by atoms with van der Waals surface area (Å²) in [6.07, 6.45) is 2.73. The van der Waals surface area contributed by atoms with Crippen molar-refractivity contribution in [2.75, 3.05) is 25.0 Å². The molecule has 7 nitrogen and oxygen atoms in total. The molecule has 0 bridgehead atoms. The van der Waals surface area contributed by atoms with E-state index in [0.717, 1.165) is 37.8 Å². The molecule has 2 aliphatic rings. The molecule has 1 aliphatic heterocycles. The van der Waals surface area contributed by atoms with Crippen molar-refractivity contribution >= 4 is 11.7 Å². The number of aromatic nitrogens is 2. The van der Waals surface area contributed by atoms with E-state index in [1.165, 1.54) is 35.2 Å². The van der Waals surface area contributed by atoms with Gasteiger partial charge in [-0.2, -0.15) is 5.26 Å². The second-order valence-corrected chi connectivity index (χ2v) is 8.60. The minimum Gasteiger partial charge on any atom is -0.407 e. The van der Waals surface area contributed by atoms with Crippen molar-refractivity contribution in [1.82, 2.24) is 20.0 Å². The fourth-order valence-corrected chi connectivity index (χ4v) is 4.28. The first-order valence-electron chi connectivity index (χ1n) is 10.7. The molecule has 158 valence electrons. The molecule has 0 amide bonds. The Morgan fingerprint density at radius 3 is 2.80 bits per heavy atom. The molecule has 1 saturated heterocycles. The lowest BCUT2D eigenvalue weighted by Gasteiger charge is -2.42. The van der Waals surface area contributed by atoms with E-state index in [9.17, 15) is 0 Å². The van der Waals surface area contributed by atoms with Gasteiger partial charge in [-0.3, -0.25) is 4.90 Å². The van der Waals surface area contributed by atoms with Crippen LogP contribution in [0.15, 0.2) is 28.8 Å². The number of piperazine rings is 1. The van der Waals surface area contributed by atoms with Crippen LogP contribution in [0, 0.1) is 31.1 Å². The molecule has 1 atom stereocenters. The zero-order chi connectivity index (χ0) is 21.3. The molecule has 1 aromatic carbocycles. The summed E-state index contributed by atoms with van der Waals surface area (Å²) in [5.41, 5.74) is 5.97. The Hall–Kier alpha value is -2.85. The third-order valence-corrected chi connectivity index (χ3v) is 6.12. The van der Waals surface area contributed by atoms with Crippen LogP contribution in [0.25, 0.3) is 0 Å². The van der Waals surface area contributed by atoms with Gasteiger partial charge in [0.15, 0.2) is 0 Å². The quantitative estimate of drug-likeness (QED) is 0.746. The van der Waals surface area contributed by atoms with Gasteiger partial charge in [0, 0.05) is 43.6 Å². The van der Waals surface area contributed by atoms with Crippen molar-refractivity contribution in [1.29, 1.82) is 5.26 Å². The van der Waals surface area contributed by atoms with Crippen molar-refractivity contribution in [3.63, 3.8) is 0 Å². The van der Waals surface area contributed by atoms with Crippen LogP contribution in [0.5, 0.6) is 0 Å². The van der Waals surface area contributed by atoms with Crippen molar-refractivity contribution in [2.45, 2.75) is 52.6 Å². The summed E-state index contributed by atoms with van der Waals surface area (Å²) >= 11 is 0. The molecule has 1 N–H and O–H groups in total. The fourth-order valence-electron chi connectivity index (χ4n) is 4.28. The number of hydrogen-bond acceptors (Lipinski definition) is 7. The van der Waals surface area contributed by atoms with Crippen LogP contribution >= 0.6 is 0 Å².